The number of hydrogen-bond donors (Lipinski definition) is 2. The van der Waals surface area contributed by atoms with Gasteiger partial charge in [-0.1, -0.05) is 13.0 Å². The summed E-state index contributed by atoms with van der Waals surface area (Å²) in [5.74, 6) is 3.07. The van der Waals surface area contributed by atoms with Crippen LogP contribution in [0.25, 0.3) is 10.9 Å². The molecule has 5 rings (SSSR count). The number of benzene rings is 2. The van der Waals surface area contributed by atoms with Gasteiger partial charge in [0.25, 0.3) is 0 Å². The summed E-state index contributed by atoms with van der Waals surface area (Å²) in [7, 11) is 3.33. The molecule has 3 heterocycles. The van der Waals surface area contributed by atoms with E-state index < -0.39 is 0 Å². The third-order valence-corrected chi connectivity index (χ3v) is 6.78. The lowest BCUT2D eigenvalue weighted by Crippen LogP contribution is -2.46. The first kappa shape index (κ1) is 23.9. The molecule has 36 heavy (non-hydrogen) atoms. The predicted octanol–water partition coefficient (Wildman–Crippen LogP) is 4.04. The minimum atomic E-state index is 0.732. The van der Waals surface area contributed by atoms with E-state index >= 15 is 0 Å². The average Bonchev–Trinajstić information content (AvgIpc) is 3.39. The summed E-state index contributed by atoms with van der Waals surface area (Å²) in [4.78, 5) is 14.1. The lowest BCUT2D eigenvalue weighted by Gasteiger charge is -2.35. The quantitative estimate of drug-likeness (QED) is 0.366. The number of hydrogen-bond acceptors (Lipinski definition) is 8. The van der Waals surface area contributed by atoms with Crippen molar-refractivity contribution in [3.05, 3.63) is 60.0 Å². The van der Waals surface area contributed by atoms with Crippen LogP contribution in [0.3, 0.4) is 0 Å². The minimum Gasteiger partial charge on any atom is -0.497 e. The molecule has 2 N–H and O–H groups in total. The molecule has 4 aromatic rings. The highest BCUT2D eigenvalue weighted by Gasteiger charge is 2.19. The molecular weight excluding hydrogens is 454 g/mol. The molecule has 0 saturated carbocycles. The number of para-hydroxylation sites is 1. The Bertz CT molecular complexity index is 1290. The summed E-state index contributed by atoms with van der Waals surface area (Å²) in [6, 6.07) is 14.3. The van der Waals surface area contributed by atoms with Crippen LogP contribution in [0.2, 0.25) is 0 Å². The van der Waals surface area contributed by atoms with Crippen molar-refractivity contribution in [3.63, 3.8) is 0 Å². The van der Waals surface area contributed by atoms with Crippen molar-refractivity contribution in [1.29, 1.82) is 0 Å². The molecule has 0 bridgehead atoms. The maximum absolute atomic E-state index is 5.38. The Morgan fingerprint density at radius 1 is 0.944 bits per heavy atom. The van der Waals surface area contributed by atoms with Gasteiger partial charge in [0.05, 0.1) is 25.4 Å². The number of methoxy groups -OCH3 is 2. The zero-order valence-corrected chi connectivity index (χ0v) is 21.1. The van der Waals surface area contributed by atoms with Gasteiger partial charge in [0, 0.05) is 49.4 Å². The second-order valence-electron chi connectivity index (χ2n) is 8.94. The van der Waals surface area contributed by atoms with E-state index in [-0.39, 0.29) is 0 Å². The van der Waals surface area contributed by atoms with Gasteiger partial charge in [-0.3, -0.25) is 5.10 Å². The van der Waals surface area contributed by atoms with Gasteiger partial charge in [0.2, 0.25) is 0 Å². The Hall–Kier alpha value is -3.85. The molecule has 0 unspecified atom stereocenters. The van der Waals surface area contributed by atoms with Gasteiger partial charge >= 0.3 is 0 Å². The third-order valence-electron chi connectivity index (χ3n) is 6.78. The molecule has 1 aliphatic rings. The van der Waals surface area contributed by atoms with Crippen LogP contribution in [-0.4, -0.2) is 72.0 Å². The van der Waals surface area contributed by atoms with E-state index in [0.717, 1.165) is 96.5 Å². The average molecular weight is 488 g/mol. The van der Waals surface area contributed by atoms with E-state index in [1.54, 1.807) is 20.5 Å². The van der Waals surface area contributed by atoms with Crippen LogP contribution in [0, 0.1) is 0 Å². The van der Waals surface area contributed by atoms with Gasteiger partial charge in [0.1, 0.15) is 23.6 Å². The third kappa shape index (κ3) is 5.21. The van der Waals surface area contributed by atoms with Gasteiger partial charge in [-0.25, -0.2) is 9.97 Å². The lowest BCUT2D eigenvalue weighted by atomic mass is 10.1. The Balaban J connectivity index is 1.30. The maximum Gasteiger partial charge on any atom is 0.153 e. The van der Waals surface area contributed by atoms with Crippen molar-refractivity contribution in [2.75, 3.05) is 57.2 Å². The van der Waals surface area contributed by atoms with Crippen LogP contribution in [-0.2, 0) is 12.8 Å². The van der Waals surface area contributed by atoms with Crippen LogP contribution in [0.1, 0.15) is 18.2 Å². The number of aryl methyl sites for hydroxylation is 2. The molecule has 1 fully saturated rings. The number of likely N-dealkylation sites (N-methyl/N-ethyl adjacent to an activating group) is 1. The Morgan fingerprint density at radius 2 is 1.72 bits per heavy atom. The number of aromatic amines is 1. The fourth-order valence-corrected chi connectivity index (χ4v) is 4.70. The number of aromatic nitrogens is 4. The van der Waals surface area contributed by atoms with E-state index in [2.05, 4.69) is 60.4 Å². The van der Waals surface area contributed by atoms with Gasteiger partial charge < -0.3 is 24.6 Å². The first-order valence-corrected chi connectivity index (χ1v) is 12.4. The van der Waals surface area contributed by atoms with Crippen LogP contribution in [0.4, 0.5) is 17.3 Å². The Kier molecular flexibility index (Phi) is 7.18. The molecule has 1 saturated heterocycles. The predicted molar refractivity (Wildman–Crippen MR) is 143 cm³/mol. The topological polar surface area (TPSA) is 91.4 Å². The van der Waals surface area contributed by atoms with Crippen molar-refractivity contribution in [2.24, 2.45) is 0 Å². The summed E-state index contributed by atoms with van der Waals surface area (Å²) in [5, 5.41) is 12.0. The molecule has 0 aliphatic carbocycles. The zero-order valence-electron chi connectivity index (χ0n) is 21.1. The SMILES string of the molecule is CCN1CCN(c2cccc3c(Nc4cc(CCc5cc(OC)cc(OC)c5)[nH]n4)ncnc23)CC1. The monoisotopic (exact) mass is 487 g/mol. The number of rotatable bonds is 9. The Morgan fingerprint density at radius 3 is 2.44 bits per heavy atom. The molecule has 2 aromatic carbocycles. The molecule has 0 spiro atoms. The molecule has 0 atom stereocenters. The van der Waals surface area contributed by atoms with Gasteiger partial charge in [-0.05, 0) is 49.2 Å². The lowest BCUT2D eigenvalue weighted by molar-refractivity contribution is 0.271. The van der Waals surface area contributed by atoms with Gasteiger partial charge in [-0.2, -0.15) is 5.10 Å². The van der Waals surface area contributed by atoms with Gasteiger partial charge in [-0.15, -0.1) is 0 Å². The highest BCUT2D eigenvalue weighted by Crippen LogP contribution is 2.30. The Labute approximate surface area is 211 Å². The van der Waals surface area contributed by atoms with E-state index in [1.807, 2.05) is 24.3 Å². The van der Waals surface area contributed by atoms with Crippen LogP contribution < -0.4 is 19.7 Å². The van der Waals surface area contributed by atoms with Crippen molar-refractivity contribution >= 4 is 28.2 Å². The number of anilines is 3. The summed E-state index contributed by atoms with van der Waals surface area (Å²) >= 11 is 0. The van der Waals surface area contributed by atoms with E-state index in [1.165, 1.54) is 0 Å². The highest BCUT2D eigenvalue weighted by molar-refractivity contribution is 5.98. The summed E-state index contributed by atoms with van der Waals surface area (Å²) in [5.41, 5.74) is 4.30. The van der Waals surface area contributed by atoms with Crippen LogP contribution in [0.15, 0.2) is 48.8 Å². The fraction of sp³-hybridized carbons (Fsp3) is 0.370. The summed E-state index contributed by atoms with van der Waals surface area (Å²) in [6.45, 7) is 7.46. The molecule has 0 radical (unpaired) electrons. The molecule has 0 amide bonds. The first-order valence-electron chi connectivity index (χ1n) is 12.4. The normalized spacial score (nSPS) is 14.2. The molecule has 9 nitrogen and oxygen atoms in total. The van der Waals surface area contributed by atoms with E-state index in [4.69, 9.17) is 9.47 Å². The molecule has 1 aliphatic heterocycles. The van der Waals surface area contributed by atoms with Crippen LogP contribution >= 0.6 is 0 Å². The van der Waals surface area contributed by atoms with E-state index in [0.29, 0.717) is 0 Å². The molecule has 9 heteroatoms. The number of ether oxygens (including phenoxy) is 2. The first-order chi connectivity index (χ1) is 17.7. The van der Waals surface area contributed by atoms with Crippen molar-refractivity contribution in [2.45, 2.75) is 19.8 Å². The number of nitrogens with one attached hydrogen (secondary N) is 2. The summed E-state index contributed by atoms with van der Waals surface area (Å²) in [6.07, 6.45) is 3.27. The van der Waals surface area contributed by atoms with Crippen LogP contribution in [0.5, 0.6) is 11.5 Å². The number of piperazine rings is 1. The second kappa shape index (κ2) is 10.8. The number of H-pyrrole nitrogens is 1. The molecule has 188 valence electrons. The number of nitrogens with zero attached hydrogens (tertiary/aromatic N) is 5. The standard InChI is InChI=1S/C27H33N7O2/c1-4-33-10-12-34(13-11-33)24-7-5-6-23-26(24)28-18-29-27(23)30-25-16-20(31-32-25)9-8-19-14-21(35-2)17-22(15-19)36-3/h5-7,14-18H,4,8-13H2,1-3H3,(H2,28,29,30,31,32). The number of fused-ring (bicyclic) bond motifs is 1. The largest absolute Gasteiger partial charge is 0.497 e. The van der Waals surface area contributed by atoms with Gasteiger partial charge in [0.15, 0.2) is 5.82 Å². The molecule has 2 aromatic heterocycles. The summed E-state index contributed by atoms with van der Waals surface area (Å²) < 4.78 is 10.8. The minimum absolute atomic E-state index is 0.732. The maximum atomic E-state index is 5.38. The highest BCUT2D eigenvalue weighted by atomic mass is 16.5. The van der Waals surface area contributed by atoms with Crippen molar-refractivity contribution in [3.8, 4) is 11.5 Å². The van der Waals surface area contributed by atoms with Crippen molar-refractivity contribution in [1.82, 2.24) is 25.1 Å². The zero-order chi connectivity index (χ0) is 24.9. The van der Waals surface area contributed by atoms with Crippen molar-refractivity contribution < 1.29 is 9.47 Å². The fourth-order valence-electron chi connectivity index (χ4n) is 4.70. The molecular formula is C27H33N7O2. The smallest absolute Gasteiger partial charge is 0.153 e. The second-order valence-corrected chi connectivity index (χ2v) is 8.94. The van der Waals surface area contributed by atoms with E-state index in [9.17, 15) is 0 Å².